The number of rotatable bonds is 2. The van der Waals surface area contributed by atoms with Crippen LogP contribution in [0.2, 0.25) is 0 Å². The highest BCUT2D eigenvalue weighted by atomic mass is 32.2. The van der Waals surface area contributed by atoms with Crippen LogP contribution >= 0.6 is 0 Å². The summed E-state index contributed by atoms with van der Waals surface area (Å²) in [6.45, 7) is 0. The van der Waals surface area contributed by atoms with Crippen molar-refractivity contribution in [3.63, 3.8) is 0 Å². The third kappa shape index (κ3) is 2.07. The third-order valence-electron chi connectivity index (χ3n) is 1.34. The maximum absolute atomic E-state index is 12.6. The van der Waals surface area contributed by atoms with Gasteiger partial charge in [0.1, 0.15) is 21.7 Å². The molecule has 0 saturated carbocycles. The average Bonchev–Trinajstić information content (AvgIpc) is 2.03. The molecule has 70 valence electrons. The van der Waals surface area contributed by atoms with E-state index in [4.69, 9.17) is 5.14 Å². The first-order valence-corrected chi connectivity index (χ1v) is 4.34. The van der Waals surface area contributed by atoms with Crippen LogP contribution in [0.15, 0.2) is 23.1 Å². The molecule has 0 aliphatic rings. The van der Waals surface area contributed by atoms with Gasteiger partial charge in [-0.25, -0.2) is 13.7 Å². The van der Waals surface area contributed by atoms with Crippen LogP contribution in [0.5, 0.6) is 0 Å². The number of nitrogens with two attached hydrogens (primary N) is 1. The number of nitro groups is 1. The molecule has 1 aromatic rings. The number of hydrogen-bond donors (Lipinski definition) is 1. The van der Waals surface area contributed by atoms with Crippen molar-refractivity contribution < 1.29 is 13.5 Å². The van der Waals surface area contributed by atoms with Crippen LogP contribution in [0.1, 0.15) is 0 Å². The van der Waals surface area contributed by atoms with Crippen molar-refractivity contribution in [1.29, 1.82) is 0 Å². The second kappa shape index (κ2) is 3.58. The minimum absolute atomic E-state index is 0.315. The number of nitrogens with zero attached hydrogens (tertiary/aromatic N) is 1. The van der Waals surface area contributed by atoms with Gasteiger partial charge in [-0.2, -0.15) is 0 Å². The van der Waals surface area contributed by atoms with Crippen LogP contribution < -0.4 is 5.14 Å². The van der Waals surface area contributed by atoms with Gasteiger partial charge in [-0.3, -0.25) is 10.1 Å². The van der Waals surface area contributed by atoms with Gasteiger partial charge in [-0.1, -0.05) is 0 Å². The van der Waals surface area contributed by atoms with Crippen LogP contribution in [-0.4, -0.2) is 9.13 Å². The van der Waals surface area contributed by atoms with E-state index in [2.05, 4.69) is 0 Å². The fourth-order valence-electron chi connectivity index (χ4n) is 0.800. The summed E-state index contributed by atoms with van der Waals surface area (Å²) in [5.41, 5.74) is -0.442. The highest BCUT2D eigenvalue weighted by Gasteiger charge is 2.17. The fraction of sp³-hybridized carbons (Fsp3) is 0. The Balaban J connectivity index is 3.35. The molecule has 1 rings (SSSR count). The second-order valence-electron chi connectivity index (χ2n) is 2.17. The van der Waals surface area contributed by atoms with Crippen LogP contribution in [0.3, 0.4) is 0 Å². The molecule has 0 aromatic heterocycles. The Kier molecular flexibility index (Phi) is 2.69. The summed E-state index contributed by atoms with van der Waals surface area (Å²) in [7, 11) is -2.05. The van der Waals surface area contributed by atoms with Crippen molar-refractivity contribution in [1.82, 2.24) is 0 Å². The summed E-state index contributed by atoms with van der Waals surface area (Å²) in [6, 6.07) is 2.62. The number of halogens is 1. The van der Waals surface area contributed by atoms with Crippen molar-refractivity contribution in [2.45, 2.75) is 4.90 Å². The molecule has 0 aliphatic heterocycles. The lowest BCUT2D eigenvalue weighted by Crippen LogP contribution is -2.06. The molecule has 2 N–H and O–H groups in total. The largest absolute Gasteiger partial charge is 0.287 e. The standard InChI is InChI=1S/C6H5FN2O3S/c7-4-1-2-5(9(10)11)6(3-4)13(8)12/h1-3H,8H2. The smallest absolute Gasteiger partial charge is 0.258 e. The molecule has 13 heavy (non-hydrogen) atoms. The lowest BCUT2D eigenvalue weighted by atomic mass is 10.3. The Hall–Kier alpha value is -1.34. The first-order chi connectivity index (χ1) is 6.02. The van der Waals surface area contributed by atoms with Crippen LogP contribution in [-0.2, 0) is 11.0 Å². The molecular formula is C6H5FN2O3S. The zero-order valence-corrected chi connectivity index (χ0v) is 7.08. The highest BCUT2D eigenvalue weighted by molar-refractivity contribution is 7.82. The molecular weight excluding hydrogens is 199 g/mol. The van der Waals surface area contributed by atoms with Gasteiger partial charge in [-0.05, 0) is 12.1 Å². The van der Waals surface area contributed by atoms with E-state index in [1.54, 1.807) is 0 Å². The van der Waals surface area contributed by atoms with Crippen LogP contribution in [0.4, 0.5) is 10.1 Å². The molecule has 1 atom stereocenters. The average molecular weight is 204 g/mol. The predicted octanol–water partition coefficient (Wildman–Crippen LogP) is 0.715. The molecule has 1 aromatic carbocycles. The summed E-state index contributed by atoms with van der Waals surface area (Å²) in [6.07, 6.45) is 0. The third-order valence-corrected chi connectivity index (χ3v) is 2.10. The highest BCUT2D eigenvalue weighted by Crippen LogP contribution is 2.21. The van der Waals surface area contributed by atoms with Gasteiger partial charge >= 0.3 is 0 Å². The maximum atomic E-state index is 12.6. The molecule has 0 radical (unpaired) electrons. The van der Waals surface area contributed by atoms with E-state index in [0.29, 0.717) is 0 Å². The second-order valence-corrected chi connectivity index (χ2v) is 3.20. The van der Waals surface area contributed by atoms with Crippen molar-refractivity contribution in [3.8, 4) is 0 Å². The van der Waals surface area contributed by atoms with Gasteiger partial charge in [0.2, 0.25) is 0 Å². The van der Waals surface area contributed by atoms with Gasteiger partial charge in [0.25, 0.3) is 5.69 Å². The monoisotopic (exact) mass is 204 g/mol. The molecule has 0 spiro atoms. The van der Waals surface area contributed by atoms with E-state index < -0.39 is 27.4 Å². The number of benzene rings is 1. The van der Waals surface area contributed by atoms with Crippen molar-refractivity contribution >= 4 is 16.7 Å². The van der Waals surface area contributed by atoms with E-state index in [1.165, 1.54) is 0 Å². The van der Waals surface area contributed by atoms with Gasteiger partial charge in [0.05, 0.1) is 4.92 Å². The molecule has 1 unspecified atom stereocenters. The van der Waals surface area contributed by atoms with E-state index in [0.717, 1.165) is 18.2 Å². The van der Waals surface area contributed by atoms with Gasteiger partial charge in [0.15, 0.2) is 0 Å². The molecule has 7 heteroatoms. The molecule has 0 heterocycles. The Bertz CT molecular complexity index is 382. The van der Waals surface area contributed by atoms with Gasteiger partial charge < -0.3 is 0 Å². The van der Waals surface area contributed by atoms with Crippen molar-refractivity contribution in [2.24, 2.45) is 5.14 Å². The summed E-state index contributed by atoms with van der Waals surface area (Å²) < 4.78 is 23.3. The lowest BCUT2D eigenvalue weighted by Gasteiger charge is -1.97. The topological polar surface area (TPSA) is 86.2 Å². The molecule has 0 saturated heterocycles. The minimum Gasteiger partial charge on any atom is -0.258 e. The van der Waals surface area contributed by atoms with Gasteiger partial charge in [0, 0.05) is 6.07 Å². The molecule has 0 bridgehead atoms. The summed E-state index contributed by atoms with van der Waals surface area (Å²) in [4.78, 5) is 9.25. The maximum Gasteiger partial charge on any atom is 0.287 e. The zero-order valence-electron chi connectivity index (χ0n) is 6.27. The number of hydrogen-bond acceptors (Lipinski definition) is 3. The van der Waals surface area contributed by atoms with E-state index in [-0.39, 0.29) is 4.90 Å². The SMILES string of the molecule is NS(=O)c1cc(F)ccc1[N+](=O)[O-]. The molecule has 0 aliphatic carbocycles. The van der Waals surface area contributed by atoms with Crippen molar-refractivity contribution in [3.05, 3.63) is 34.1 Å². The molecule has 5 nitrogen and oxygen atoms in total. The normalized spacial score (nSPS) is 12.5. The Morgan fingerprint density at radius 2 is 2.15 bits per heavy atom. The van der Waals surface area contributed by atoms with E-state index >= 15 is 0 Å². The predicted molar refractivity (Wildman–Crippen MR) is 43.7 cm³/mol. The van der Waals surface area contributed by atoms with Gasteiger partial charge in [-0.15, -0.1) is 0 Å². The molecule has 0 fully saturated rings. The van der Waals surface area contributed by atoms with E-state index in [1.807, 2.05) is 0 Å². The Labute approximate surface area is 75.1 Å². The summed E-state index contributed by atoms with van der Waals surface area (Å²) >= 11 is 0. The fourth-order valence-corrected chi connectivity index (χ4v) is 1.38. The van der Waals surface area contributed by atoms with Crippen LogP contribution in [0, 0.1) is 15.9 Å². The zero-order chi connectivity index (χ0) is 10.0. The number of nitro benzene ring substituents is 1. The molecule has 0 amide bonds. The summed E-state index contributed by atoms with van der Waals surface area (Å²) in [5.74, 6) is -0.709. The first-order valence-electron chi connectivity index (χ1n) is 3.12. The van der Waals surface area contributed by atoms with Crippen LogP contribution in [0.25, 0.3) is 0 Å². The Morgan fingerprint density at radius 3 is 2.62 bits per heavy atom. The minimum atomic E-state index is -2.05. The first kappa shape index (κ1) is 9.75. The quantitative estimate of drug-likeness (QED) is 0.568. The summed E-state index contributed by atoms with van der Waals surface area (Å²) in [5, 5.41) is 15.3. The van der Waals surface area contributed by atoms with E-state index in [9.17, 15) is 18.7 Å². The lowest BCUT2D eigenvalue weighted by molar-refractivity contribution is -0.387. The Morgan fingerprint density at radius 1 is 1.54 bits per heavy atom. The van der Waals surface area contributed by atoms with Crippen molar-refractivity contribution in [2.75, 3.05) is 0 Å².